The Morgan fingerprint density at radius 3 is 2.65 bits per heavy atom. The molecule has 90 valence electrons. The zero-order valence-corrected chi connectivity index (χ0v) is 9.91. The summed E-state index contributed by atoms with van der Waals surface area (Å²) in [6, 6.07) is 12.0. The molecule has 2 aromatic rings. The number of rotatable bonds is 5. The van der Waals surface area contributed by atoms with Crippen LogP contribution in [-0.2, 0) is 18.1 Å². The Labute approximate surface area is 101 Å². The lowest BCUT2D eigenvalue weighted by molar-refractivity contribution is 0.0639. The number of aliphatic hydroxyl groups excluding tert-OH is 1. The third-order valence-corrected chi connectivity index (χ3v) is 2.61. The fourth-order valence-electron chi connectivity index (χ4n) is 1.63. The second-order valence-corrected chi connectivity index (χ2v) is 4.10. The van der Waals surface area contributed by atoms with Crippen LogP contribution in [0.2, 0.25) is 0 Å². The summed E-state index contributed by atoms with van der Waals surface area (Å²) < 4.78 is 7.50. The van der Waals surface area contributed by atoms with Gasteiger partial charge in [-0.15, -0.1) is 0 Å². The van der Waals surface area contributed by atoms with Crippen molar-refractivity contribution in [3.05, 3.63) is 59.9 Å². The molecule has 1 aromatic heterocycles. The van der Waals surface area contributed by atoms with Gasteiger partial charge in [-0.3, -0.25) is 0 Å². The molecule has 0 amide bonds. The number of aromatic nitrogens is 1. The van der Waals surface area contributed by atoms with Crippen molar-refractivity contribution in [3.63, 3.8) is 0 Å². The second-order valence-electron chi connectivity index (χ2n) is 4.10. The van der Waals surface area contributed by atoms with Crippen molar-refractivity contribution in [2.75, 3.05) is 0 Å². The molecule has 0 aliphatic rings. The van der Waals surface area contributed by atoms with Gasteiger partial charge in [-0.2, -0.15) is 0 Å². The molecule has 0 bridgehead atoms. The van der Waals surface area contributed by atoms with E-state index < -0.39 is 6.10 Å². The van der Waals surface area contributed by atoms with Crippen LogP contribution in [0.4, 0.5) is 0 Å². The minimum Gasteiger partial charge on any atom is -0.389 e. The Hall–Kier alpha value is -1.58. The van der Waals surface area contributed by atoms with Gasteiger partial charge in [-0.25, -0.2) is 0 Å². The third kappa shape index (κ3) is 3.44. The van der Waals surface area contributed by atoms with Crippen molar-refractivity contribution in [2.45, 2.75) is 26.4 Å². The van der Waals surface area contributed by atoms with Crippen LogP contribution < -0.4 is 0 Å². The quantitative estimate of drug-likeness (QED) is 0.858. The summed E-state index contributed by atoms with van der Waals surface area (Å²) in [6.45, 7) is 2.86. The van der Waals surface area contributed by atoms with E-state index in [0.29, 0.717) is 13.3 Å². The maximum absolute atomic E-state index is 9.39. The van der Waals surface area contributed by atoms with Crippen molar-refractivity contribution in [2.24, 2.45) is 0 Å². The van der Waals surface area contributed by atoms with Gasteiger partial charge >= 0.3 is 0 Å². The van der Waals surface area contributed by atoms with E-state index in [-0.39, 0.29) is 0 Å². The smallest absolute Gasteiger partial charge is 0.122 e. The van der Waals surface area contributed by atoms with Crippen LogP contribution in [-0.4, -0.2) is 9.67 Å². The lowest BCUT2D eigenvalue weighted by Crippen LogP contribution is -2.00. The maximum atomic E-state index is 9.39. The van der Waals surface area contributed by atoms with Crippen molar-refractivity contribution in [3.8, 4) is 0 Å². The first-order chi connectivity index (χ1) is 8.25. The summed E-state index contributed by atoms with van der Waals surface area (Å²) in [6.07, 6.45) is 3.38. The topological polar surface area (TPSA) is 34.4 Å². The van der Waals surface area contributed by atoms with Crippen LogP contribution >= 0.6 is 0 Å². The van der Waals surface area contributed by atoms with Crippen LogP contribution in [0, 0.1) is 0 Å². The molecule has 0 aliphatic carbocycles. The van der Waals surface area contributed by atoms with Gasteiger partial charge in [0.2, 0.25) is 0 Å². The van der Waals surface area contributed by atoms with Crippen LogP contribution in [0.5, 0.6) is 0 Å². The molecule has 1 aromatic carbocycles. The molecule has 0 saturated heterocycles. The van der Waals surface area contributed by atoms with Crippen molar-refractivity contribution in [1.82, 2.24) is 4.57 Å². The molecular weight excluding hydrogens is 214 g/mol. The lowest BCUT2D eigenvalue weighted by Gasteiger charge is -2.05. The average molecular weight is 231 g/mol. The molecule has 1 heterocycles. The standard InChI is InChI=1S/C14H17NO2/c1-12(16)14-7-8-15(9-14)11-17-10-13-5-3-2-4-6-13/h2-9,12,16H,10-11H2,1H3. The second kappa shape index (κ2) is 5.66. The highest BCUT2D eigenvalue weighted by Gasteiger charge is 2.02. The molecule has 17 heavy (non-hydrogen) atoms. The molecular formula is C14H17NO2. The van der Waals surface area contributed by atoms with Gasteiger partial charge < -0.3 is 14.4 Å². The zero-order valence-electron chi connectivity index (χ0n) is 9.91. The van der Waals surface area contributed by atoms with Gasteiger partial charge in [0.05, 0.1) is 12.7 Å². The predicted octanol–water partition coefficient (Wildman–Crippen LogP) is 2.72. The van der Waals surface area contributed by atoms with Gasteiger partial charge in [0.15, 0.2) is 0 Å². The number of nitrogens with zero attached hydrogens (tertiary/aromatic N) is 1. The van der Waals surface area contributed by atoms with Crippen LogP contribution in [0.15, 0.2) is 48.8 Å². The Morgan fingerprint density at radius 1 is 1.24 bits per heavy atom. The summed E-state index contributed by atoms with van der Waals surface area (Å²) in [4.78, 5) is 0. The highest BCUT2D eigenvalue weighted by Crippen LogP contribution is 2.12. The molecule has 3 heteroatoms. The summed E-state index contributed by atoms with van der Waals surface area (Å²) in [5, 5.41) is 9.39. The maximum Gasteiger partial charge on any atom is 0.122 e. The van der Waals surface area contributed by atoms with Gasteiger partial charge in [-0.1, -0.05) is 30.3 Å². The van der Waals surface area contributed by atoms with Crippen molar-refractivity contribution >= 4 is 0 Å². The van der Waals surface area contributed by atoms with E-state index in [4.69, 9.17) is 4.74 Å². The first-order valence-electron chi connectivity index (χ1n) is 5.71. The highest BCUT2D eigenvalue weighted by molar-refractivity contribution is 5.14. The number of hydrogen-bond acceptors (Lipinski definition) is 2. The van der Waals surface area contributed by atoms with E-state index in [9.17, 15) is 5.11 Å². The normalized spacial score (nSPS) is 12.6. The van der Waals surface area contributed by atoms with Gasteiger partial charge in [0, 0.05) is 12.4 Å². The Bertz CT molecular complexity index is 448. The number of aliphatic hydroxyl groups is 1. The summed E-state index contributed by atoms with van der Waals surface area (Å²) in [5.74, 6) is 0. The largest absolute Gasteiger partial charge is 0.389 e. The predicted molar refractivity (Wildman–Crippen MR) is 66.3 cm³/mol. The van der Waals surface area contributed by atoms with Crippen LogP contribution in [0.3, 0.4) is 0 Å². The first kappa shape index (κ1) is 11.9. The average Bonchev–Trinajstić information content (AvgIpc) is 2.79. The minimum atomic E-state index is -0.426. The summed E-state index contributed by atoms with van der Waals surface area (Å²) in [7, 11) is 0. The number of ether oxygens (including phenoxy) is 1. The molecule has 3 nitrogen and oxygen atoms in total. The van der Waals surface area contributed by atoms with E-state index >= 15 is 0 Å². The van der Waals surface area contributed by atoms with E-state index in [1.165, 1.54) is 0 Å². The van der Waals surface area contributed by atoms with E-state index in [0.717, 1.165) is 11.1 Å². The fraction of sp³-hybridized carbons (Fsp3) is 0.286. The van der Waals surface area contributed by atoms with Crippen molar-refractivity contribution in [1.29, 1.82) is 0 Å². The summed E-state index contributed by atoms with van der Waals surface area (Å²) >= 11 is 0. The molecule has 0 spiro atoms. The van der Waals surface area contributed by atoms with Crippen LogP contribution in [0.1, 0.15) is 24.2 Å². The minimum absolute atomic E-state index is 0.426. The zero-order chi connectivity index (χ0) is 12.1. The molecule has 2 rings (SSSR count). The third-order valence-electron chi connectivity index (χ3n) is 2.61. The molecule has 1 atom stereocenters. The van der Waals surface area contributed by atoms with Crippen molar-refractivity contribution < 1.29 is 9.84 Å². The Balaban J connectivity index is 1.82. The molecule has 0 saturated carbocycles. The Morgan fingerprint density at radius 2 is 2.00 bits per heavy atom. The SMILES string of the molecule is CC(O)c1ccn(COCc2ccccc2)c1. The van der Waals surface area contributed by atoms with E-state index in [1.807, 2.05) is 53.4 Å². The number of benzene rings is 1. The molecule has 0 fully saturated rings. The highest BCUT2D eigenvalue weighted by atomic mass is 16.5. The Kier molecular flexibility index (Phi) is 3.96. The lowest BCUT2D eigenvalue weighted by atomic mass is 10.2. The van der Waals surface area contributed by atoms with Gasteiger partial charge in [-0.05, 0) is 24.1 Å². The molecule has 1 unspecified atom stereocenters. The van der Waals surface area contributed by atoms with Gasteiger partial charge in [0.1, 0.15) is 6.73 Å². The summed E-state index contributed by atoms with van der Waals surface area (Å²) in [5.41, 5.74) is 2.07. The monoisotopic (exact) mass is 231 g/mol. The molecule has 0 radical (unpaired) electrons. The number of hydrogen-bond donors (Lipinski definition) is 1. The first-order valence-corrected chi connectivity index (χ1v) is 5.71. The van der Waals surface area contributed by atoms with Gasteiger partial charge in [0.25, 0.3) is 0 Å². The van der Waals surface area contributed by atoms with Crippen LogP contribution in [0.25, 0.3) is 0 Å². The van der Waals surface area contributed by atoms with E-state index in [2.05, 4.69) is 0 Å². The molecule has 0 aliphatic heterocycles. The fourth-order valence-corrected chi connectivity index (χ4v) is 1.63. The molecule has 1 N–H and O–H groups in total. The van der Waals surface area contributed by atoms with E-state index in [1.54, 1.807) is 6.92 Å².